The summed E-state index contributed by atoms with van der Waals surface area (Å²) in [7, 11) is 0. The summed E-state index contributed by atoms with van der Waals surface area (Å²) in [4.78, 5) is 4.08. The van der Waals surface area contributed by atoms with Gasteiger partial charge in [0.15, 0.2) is 6.23 Å². The smallest absolute Gasteiger partial charge is 0.163 e. The van der Waals surface area contributed by atoms with E-state index >= 15 is 0 Å². The van der Waals surface area contributed by atoms with Gasteiger partial charge in [-0.15, -0.1) is 0 Å². The summed E-state index contributed by atoms with van der Waals surface area (Å²) in [5, 5.41) is 15.5. The van der Waals surface area contributed by atoms with Crippen molar-refractivity contribution in [1.29, 1.82) is 0 Å². The van der Waals surface area contributed by atoms with E-state index in [4.69, 9.17) is 0 Å². The molecule has 1 N–H and O–H groups in total. The minimum atomic E-state index is -0.818. The number of hydrazone groups is 1. The van der Waals surface area contributed by atoms with E-state index in [9.17, 15) is 5.11 Å². The van der Waals surface area contributed by atoms with Crippen molar-refractivity contribution in [3.05, 3.63) is 36.6 Å². The Balaban J connectivity index is 2.63. The standard InChI is InChI=1S/C14H21N3O/c1-6-14(18)16-12(4)7-10(2)9-17-13(5)11(3)8-15-17/h6,8-9,13-14,18H,1,3,7H2,2,4-5H3/b10-9+,16-12?. The molecule has 0 spiro atoms. The summed E-state index contributed by atoms with van der Waals surface area (Å²) in [6.45, 7) is 13.4. The summed E-state index contributed by atoms with van der Waals surface area (Å²) in [5.74, 6) is 0. The molecule has 1 rings (SSSR count). The molecule has 0 amide bonds. The zero-order valence-corrected chi connectivity index (χ0v) is 11.3. The van der Waals surface area contributed by atoms with Gasteiger partial charge in [0.2, 0.25) is 0 Å². The maximum Gasteiger partial charge on any atom is 0.163 e. The number of hydrogen-bond acceptors (Lipinski definition) is 4. The number of allylic oxidation sites excluding steroid dienone is 1. The van der Waals surface area contributed by atoms with E-state index in [0.717, 1.165) is 16.9 Å². The summed E-state index contributed by atoms with van der Waals surface area (Å²) >= 11 is 0. The quantitative estimate of drug-likeness (QED) is 0.599. The highest BCUT2D eigenvalue weighted by atomic mass is 16.3. The van der Waals surface area contributed by atoms with Crippen molar-refractivity contribution in [2.45, 2.75) is 39.5 Å². The van der Waals surface area contributed by atoms with Crippen molar-refractivity contribution < 1.29 is 5.11 Å². The molecule has 0 radical (unpaired) electrons. The second-order valence-electron chi connectivity index (χ2n) is 4.54. The van der Waals surface area contributed by atoms with E-state index in [0.29, 0.717) is 6.42 Å². The van der Waals surface area contributed by atoms with Gasteiger partial charge in [0.05, 0.1) is 12.3 Å². The van der Waals surface area contributed by atoms with Crippen LogP contribution in [0.15, 0.2) is 46.7 Å². The maximum absolute atomic E-state index is 9.33. The lowest BCUT2D eigenvalue weighted by atomic mass is 10.1. The Morgan fingerprint density at radius 2 is 2.33 bits per heavy atom. The van der Waals surface area contributed by atoms with E-state index in [1.807, 2.05) is 25.1 Å². The average molecular weight is 247 g/mol. The highest BCUT2D eigenvalue weighted by Crippen LogP contribution is 2.17. The van der Waals surface area contributed by atoms with Gasteiger partial charge in [-0.2, -0.15) is 5.10 Å². The first-order valence-electron chi connectivity index (χ1n) is 5.96. The first-order chi connectivity index (χ1) is 8.43. The van der Waals surface area contributed by atoms with Crippen LogP contribution in [0.5, 0.6) is 0 Å². The van der Waals surface area contributed by atoms with Crippen LogP contribution >= 0.6 is 0 Å². The molecule has 0 aromatic rings. The summed E-state index contributed by atoms with van der Waals surface area (Å²) in [6.07, 6.45) is 5.05. The Morgan fingerprint density at radius 3 is 2.83 bits per heavy atom. The Hall–Kier alpha value is -1.68. The molecular formula is C14H21N3O. The molecule has 0 aliphatic carbocycles. The number of nitrogens with zero attached hydrogens (tertiary/aromatic N) is 3. The molecule has 0 fully saturated rings. The van der Waals surface area contributed by atoms with Gasteiger partial charge in [-0.1, -0.05) is 13.2 Å². The second-order valence-corrected chi connectivity index (χ2v) is 4.54. The Bertz CT molecular complexity index is 421. The molecule has 0 bridgehead atoms. The van der Waals surface area contributed by atoms with Crippen molar-refractivity contribution >= 4 is 11.9 Å². The lowest BCUT2D eigenvalue weighted by Crippen LogP contribution is -2.19. The van der Waals surface area contributed by atoms with Gasteiger partial charge < -0.3 is 5.11 Å². The zero-order valence-electron chi connectivity index (χ0n) is 11.3. The van der Waals surface area contributed by atoms with Gasteiger partial charge in [0, 0.05) is 18.3 Å². The molecule has 2 atom stereocenters. The molecule has 98 valence electrons. The molecule has 2 unspecified atom stereocenters. The molecule has 18 heavy (non-hydrogen) atoms. The number of hydrogen-bond donors (Lipinski definition) is 1. The molecule has 0 saturated heterocycles. The molecule has 0 saturated carbocycles. The van der Waals surface area contributed by atoms with Gasteiger partial charge in [0.25, 0.3) is 0 Å². The number of aliphatic imine (C=N–C) groups is 1. The lowest BCUT2D eigenvalue weighted by molar-refractivity contribution is 0.234. The summed E-state index contributed by atoms with van der Waals surface area (Å²) in [5.41, 5.74) is 3.00. The highest BCUT2D eigenvalue weighted by molar-refractivity contribution is 5.84. The van der Waals surface area contributed by atoms with Crippen LogP contribution in [0.2, 0.25) is 0 Å². The molecule has 0 aromatic heterocycles. The fourth-order valence-electron chi connectivity index (χ4n) is 1.66. The van der Waals surface area contributed by atoms with E-state index in [-0.39, 0.29) is 6.04 Å². The zero-order chi connectivity index (χ0) is 13.7. The molecule has 1 aliphatic heterocycles. The van der Waals surface area contributed by atoms with E-state index in [1.165, 1.54) is 6.08 Å². The fraction of sp³-hybridized carbons (Fsp3) is 0.429. The normalized spacial score (nSPS) is 22.6. The number of aliphatic hydroxyl groups is 1. The monoisotopic (exact) mass is 247 g/mol. The molecular weight excluding hydrogens is 226 g/mol. The van der Waals surface area contributed by atoms with Crippen molar-refractivity contribution in [2.75, 3.05) is 0 Å². The maximum atomic E-state index is 9.33. The highest BCUT2D eigenvalue weighted by Gasteiger charge is 2.17. The lowest BCUT2D eigenvalue weighted by Gasteiger charge is -2.17. The molecule has 4 heteroatoms. The Morgan fingerprint density at radius 1 is 1.67 bits per heavy atom. The number of rotatable bonds is 5. The summed E-state index contributed by atoms with van der Waals surface area (Å²) < 4.78 is 0. The third-order valence-corrected chi connectivity index (χ3v) is 2.74. The fourth-order valence-corrected chi connectivity index (χ4v) is 1.66. The number of aliphatic hydroxyl groups excluding tert-OH is 1. The summed E-state index contributed by atoms with van der Waals surface area (Å²) in [6, 6.07) is 0.205. The van der Waals surface area contributed by atoms with Gasteiger partial charge in [-0.05, 0) is 38.0 Å². The van der Waals surface area contributed by atoms with Crippen LogP contribution in [-0.2, 0) is 0 Å². The third-order valence-electron chi connectivity index (χ3n) is 2.74. The van der Waals surface area contributed by atoms with Gasteiger partial charge in [-0.25, -0.2) is 0 Å². The largest absolute Gasteiger partial charge is 0.368 e. The predicted molar refractivity (Wildman–Crippen MR) is 76.6 cm³/mol. The van der Waals surface area contributed by atoms with Gasteiger partial charge in [-0.3, -0.25) is 10.0 Å². The van der Waals surface area contributed by atoms with E-state index in [2.05, 4.69) is 30.2 Å². The topological polar surface area (TPSA) is 48.2 Å². The molecule has 1 heterocycles. The van der Waals surface area contributed by atoms with Crippen LogP contribution < -0.4 is 0 Å². The van der Waals surface area contributed by atoms with Crippen molar-refractivity contribution in [3.63, 3.8) is 0 Å². The van der Waals surface area contributed by atoms with E-state index in [1.54, 1.807) is 6.21 Å². The van der Waals surface area contributed by atoms with Crippen molar-refractivity contribution in [1.82, 2.24) is 5.01 Å². The first kappa shape index (κ1) is 14.4. The third kappa shape index (κ3) is 3.96. The predicted octanol–water partition coefficient (Wildman–Crippen LogP) is 2.49. The van der Waals surface area contributed by atoms with Gasteiger partial charge >= 0.3 is 0 Å². The van der Waals surface area contributed by atoms with Crippen molar-refractivity contribution in [3.8, 4) is 0 Å². The van der Waals surface area contributed by atoms with Crippen LogP contribution in [0.3, 0.4) is 0 Å². The van der Waals surface area contributed by atoms with Gasteiger partial charge in [0.1, 0.15) is 0 Å². The SMILES string of the molecule is C=CC(O)N=C(C)C/C(C)=C/N1N=CC(=C)C1C. The average Bonchev–Trinajstić information content (AvgIpc) is 2.60. The van der Waals surface area contributed by atoms with Crippen LogP contribution in [0.1, 0.15) is 27.2 Å². The van der Waals surface area contributed by atoms with Crippen LogP contribution in [0.25, 0.3) is 0 Å². The Kier molecular flexibility index (Phi) is 5.04. The van der Waals surface area contributed by atoms with Crippen LogP contribution in [0, 0.1) is 0 Å². The van der Waals surface area contributed by atoms with Crippen molar-refractivity contribution in [2.24, 2.45) is 10.1 Å². The molecule has 4 nitrogen and oxygen atoms in total. The Labute approximate surface area is 109 Å². The van der Waals surface area contributed by atoms with Crippen LogP contribution in [-0.4, -0.2) is 34.3 Å². The first-order valence-corrected chi connectivity index (χ1v) is 5.96. The molecule has 1 aliphatic rings. The second kappa shape index (κ2) is 6.31. The minimum absolute atomic E-state index is 0.205. The minimum Gasteiger partial charge on any atom is -0.368 e. The molecule has 0 aromatic carbocycles. The van der Waals surface area contributed by atoms with Crippen LogP contribution in [0.4, 0.5) is 0 Å². The van der Waals surface area contributed by atoms with E-state index < -0.39 is 6.23 Å².